The minimum Gasteiger partial charge on any atom is -0.406 e. The predicted octanol–water partition coefficient (Wildman–Crippen LogP) is 1.98. The van der Waals surface area contributed by atoms with Gasteiger partial charge in [0.05, 0.1) is 6.54 Å². The van der Waals surface area contributed by atoms with Crippen LogP contribution in [0.2, 0.25) is 0 Å². The number of guanidine groups is 1. The Bertz CT molecular complexity index is 456. The van der Waals surface area contributed by atoms with Gasteiger partial charge in [-0.05, 0) is 17.7 Å². The molecule has 0 amide bonds. The summed E-state index contributed by atoms with van der Waals surface area (Å²) in [5, 5.41) is 3.13. The average molecular weight is 273 g/mol. The first kappa shape index (κ1) is 13.5. The highest BCUT2D eigenvalue weighted by molar-refractivity contribution is 5.81. The van der Waals surface area contributed by atoms with E-state index in [2.05, 4.69) is 15.0 Å². The van der Waals surface area contributed by atoms with Gasteiger partial charge in [-0.3, -0.25) is 4.99 Å². The molecule has 0 saturated carbocycles. The molecular weight excluding hydrogens is 259 g/mol. The molecule has 7 heteroatoms. The number of halogens is 3. The normalized spacial score (nSPS) is 15.4. The summed E-state index contributed by atoms with van der Waals surface area (Å²) in [6.45, 7) is 2.15. The molecule has 4 nitrogen and oxygen atoms in total. The summed E-state index contributed by atoms with van der Waals surface area (Å²) < 4.78 is 39.7. The summed E-state index contributed by atoms with van der Waals surface area (Å²) in [6, 6.07) is 5.77. The zero-order valence-electron chi connectivity index (χ0n) is 10.4. The number of alkyl halides is 3. The van der Waals surface area contributed by atoms with Crippen LogP contribution in [-0.4, -0.2) is 37.4 Å². The molecule has 1 aromatic rings. The third-order valence-electron chi connectivity index (χ3n) is 2.67. The van der Waals surface area contributed by atoms with Crippen LogP contribution in [0.3, 0.4) is 0 Å². The Balaban J connectivity index is 1.88. The van der Waals surface area contributed by atoms with E-state index in [0.29, 0.717) is 6.54 Å². The summed E-state index contributed by atoms with van der Waals surface area (Å²) in [7, 11) is 1.93. The Hall–Kier alpha value is -1.92. The monoisotopic (exact) mass is 273 g/mol. The van der Waals surface area contributed by atoms with E-state index in [1.807, 2.05) is 11.9 Å². The van der Waals surface area contributed by atoms with Crippen LogP contribution >= 0.6 is 0 Å². The second-order valence-electron chi connectivity index (χ2n) is 4.17. The molecule has 1 heterocycles. The predicted molar refractivity (Wildman–Crippen MR) is 64.9 cm³/mol. The van der Waals surface area contributed by atoms with Crippen LogP contribution in [0.4, 0.5) is 13.2 Å². The van der Waals surface area contributed by atoms with Gasteiger partial charge in [0, 0.05) is 20.1 Å². The molecule has 1 aliphatic rings. The molecule has 0 aromatic heterocycles. The lowest BCUT2D eigenvalue weighted by atomic mass is 10.2. The highest BCUT2D eigenvalue weighted by Crippen LogP contribution is 2.22. The molecule has 0 radical (unpaired) electrons. The van der Waals surface area contributed by atoms with Gasteiger partial charge in [-0.1, -0.05) is 12.1 Å². The number of hydrogen-bond donors (Lipinski definition) is 1. The van der Waals surface area contributed by atoms with E-state index < -0.39 is 6.36 Å². The van der Waals surface area contributed by atoms with Crippen molar-refractivity contribution in [1.82, 2.24) is 10.2 Å². The smallest absolute Gasteiger partial charge is 0.406 e. The summed E-state index contributed by atoms with van der Waals surface area (Å²) in [6.07, 6.45) is -4.65. The number of likely N-dealkylation sites (N-methyl/N-ethyl adjacent to an activating group) is 1. The molecule has 2 rings (SSSR count). The average Bonchev–Trinajstić information content (AvgIpc) is 2.72. The molecule has 0 atom stereocenters. The number of aliphatic imine (C=N–C) groups is 1. The van der Waals surface area contributed by atoms with Crippen LogP contribution in [0.1, 0.15) is 5.56 Å². The van der Waals surface area contributed by atoms with Gasteiger partial charge in [0.2, 0.25) is 0 Å². The molecule has 1 aromatic carbocycles. The van der Waals surface area contributed by atoms with E-state index >= 15 is 0 Å². The van der Waals surface area contributed by atoms with Crippen molar-refractivity contribution in [3.05, 3.63) is 29.8 Å². The zero-order valence-corrected chi connectivity index (χ0v) is 10.4. The summed E-state index contributed by atoms with van der Waals surface area (Å²) >= 11 is 0. The number of nitrogens with one attached hydrogen (secondary N) is 1. The molecule has 1 N–H and O–H groups in total. The minimum atomic E-state index is -4.65. The number of benzene rings is 1. The largest absolute Gasteiger partial charge is 0.573 e. The van der Waals surface area contributed by atoms with Crippen LogP contribution in [0, 0.1) is 0 Å². The molecule has 0 aliphatic carbocycles. The molecule has 0 fully saturated rings. The van der Waals surface area contributed by atoms with E-state index in [0.717, 1.165) is 24.6 Å². The number of ether oxygens (including phenoxy) is 1. The Morgan fingerprint density at radius 3 is 2.53 bits per heavy atom. The molecule has 1 aliphatic heterocycles. The lowest BCUT2D eigenvalue weighted by molar-refractivity contribution is -0.274. The summed E-state index contributed by atoms with van der Waals surface area (Å²) in [5.41, 5.74) is 0.859. The van der Waals surface area contributed by atoms with Gasteiger partial charge < -0.3 is 15.0 Å². The fourth-order valence-corrected chi connectivity index (χ4v) is 1.71. The van der Waals surface area contributed by atoms with Crippen LogP contribution in [0.25, 0.3) is 0 Å². The Labute approximate surface area is 108 Å². The van der Waals surface area contributed by atoms with Gasteiger partial charge >= 0.3 is 6.36 Å². The molecule has 0 bridgehead atoms. The van der Waals surface area contributed by atoms with Crippen molar-refractivity contribution in [1.29, 1.82) is 0 Å². The summed E-state index contributed by atoms with van der Waals surface area (Å²) in [5.74, 6) is 0.585. The SMILES string of the molecule is CN1CCN=C1NCc1ccc(OC(F)(F)F)cc1. The highest BCUT2D eigenvalue weighted by Gasteiger charge is 2.30. The number of hydrogen-bond acceptors (Lipinski definition) is 4. The Morgan fingerprint density at radius 1 is 1.32 bits per heavy atom. The van der Waals surface area contributed by atoms with Gasteiger partial charge in [0.15, 0.2) is 5.96 Å². The quantitative estimate of drug-likeness (QED) is 0.915. The first-order valence-electron chi connectivity index (χ1n) is 5.78. The fraction of sp³-hybridized carbons (Fsp3) is 0.417. The van der Waals surface area contributed by atoms with E-state index in [-0.39, 0.29) is 5.75 Å². The first-order chi connectivity index (χ1) is 8.94. The first-order valence-corrected chi connectivity index (χ1v) is 5.78. The molecule has 0 unspecified atom stereocenters. The van der Waals surface area contributed by atoms with Crippen LogP contribution in [-0.2, 0) is 6.54 Å². The maximum Gasteiger partial charge on any atom is 0.573 e. The van der Waals surface area contributed by atoms with E-state index in [9.17, 15) is 13.2 Å². The highest BCUT2D eigenvalue weighted by atomic mass is 19.4. The maximum atomic E-state index is 12.0. The van der Waals surface area contributed by atoms with Crippen molar-refractivity contribution in [3.63, 3.8) is 0 Å². The van der Waals surface area contributed by atoms with Crippen molar-refractivity contribution >= 4 is 5.96 Å². The Kier molecular flexibility index (Phi) is 3.82. The maximum absolute atomic E-state index is 12.0. The lowest BCUT2D eigenvalue weighted by Gasteiger charge is -2.15. The van der Waals surface area contributed by atoms with Crippen molar-refractivity contribution in [3.8, 4) is 5.75 Å². The minimum absolute atomic E-state index is 0.216. The van der Waals surface area contributed by atoms with Gasteiger partial charge in [-0.15, -0.1) is 13.2 Å². The van der Waals surface area contributed by atoms with Gasteiger partial charge in [0.1, 0.15) is 5.75 Å². The Morgan fingerprint density at radius 2 is 2.00 bits per heavy atom. The van der Waals surface area contributed by atoms with Gasteiger partial charge in [0.25, 0.3) is 0 Å². The summed E-state index contributed by atoms with van der Waals surface area (Å²) in [4.78, 5) is 6.24. The van der Waals surface area contributed by atoms with E-state index in [4.69, 9.17) is 0 Å². The second-order valence-corrected chi connectivity index (χ2v) is 4.17. The fourth-order valence-electron chi connectivity index (χ4n) is 1.71. The zero-order chi connectivity index (χ0) is 13.9. The van der Waals surface area contributed by atoms with Crippen molar-refractivity contribution < 1.29 is 17.9 Å². The molecule has 0 saturated heterocycles. The van der Waals surface area contributed by atoms with Crippen molar-refractivity contribution in [2.45, 2.75) is 12.9 Å². The van der Waals surface area contributed by atoms with Gasteiger partial charge in [-0.25, -0.2) is 0 Å². The van der Waals surface area contributed by atoms with Crippen LogP contribution in [0.15, 0.2) is 29.3 Å². The molecule has 104 valence electrons. The third-order valence-corrected chi connectivity index (χ3v) is 2.67. The van der Waals surface area contributed by atoms with E-state index in [1.165, 1.54) is 12.1 Å². The van der Waals surface area contributed by atoms with Crippen molar-refractivity contribution in [2.24, 2.45) is 4.99 Å². The van der Waals surface area contributed by atoms with E-state index in [1.54, 1.807) is 12.1 Å². The molecule has 0 spiro atoms. The molecular formula is C12H14F3N3O. The molecule has 19 heavy (non-hydrogen) atoms. The van der Waals surface area contributed by atoms with Crippen LogP contribution < -0.4 is 10.1 Å². The number of rotatable bonds is 3. The second kappa shape index (κ2) is 5.38. The van der Waals surface area contributed by atoms with Crippen molar-refractivity contribution in [2.75, 3.05) is 20.1 Å². The van der Waals surface area contributed by atoms with Crippen LogP contribution in [0.5, 0.6) is 5.75 Å². The topological polar surface area (TPSA) is 36.9 Å². The lowest BCUT2D eigenvalue weighted by Crippen LogP contribution is -2.35. The standard InChI is InChI=1S/C12H14F3N3O/c1-18-7-6-16-11(18)17-8-9-2-4-10(5-3-9)19-12(13,14)15/h2-5H,6-8H2,1H3,(H,16,17). The van der Waals surface area contributed by atoms with Gasteiger partial charge in [-0.2, -0.15) is 0 Å². The number of nitrogens with zero attached hydrogens (tertiary/aromatic N) is 2. The third kappa shape index (κ3) is 4.04.